The zero-order chi connectivity index (χ0) is 15.6. The smallest absolute Gasteiger partial charge is 0.262 e. The molecule has 0 aliphatic carbocycles. The first-order valence-corrected chi connectivity index (χ1v) is 7.33. The van der Waals surface area contributed by atoms with Gasteiger partial charge in [0.1, 0.15) is 6.54 Å². The molecule has 1 aromatic rings. The SMILES string of the molecule is CNC(C)CNC(=O)CN1C(=O)c2ccc(Br)cc2C1=O.Cl. The Morgan fingerprint density at radius 3 is 2.55 bits per heavy atom. The average molecular weight is 391 g/mol. The Bertz CT molecular complexity index is 609. The highest BCUT2D eigenvalue weighted by Gasteiger charge is 2.36. The van der Waals surface area contributed by atoms with Crippen LogP contribution in [0.3, 0.4) is 0 Å². The van der Waals surface area contributed by atoms with Gasteiger partial charge >= 0.3 is 0 Å². The van der Waals surface area contributed by atoms with E-state index in [-0.39, 0.29) is 30.9 Å². The first kappa shape index (κ1) is 18.6. The summed E-state index contributed by atoms with van der Waals surface area (Å²) in [5.41, 5.74) is 0.658. The lowest BCUT2D eigenvalue weighted by molar-refractivity contribution is -0.121. The summed E-state index contributed by atoms with van der Waals surface area (Å²) in [4.78, 5) is 37.1. The van der Waals surface area contributed by atoms with Crippen molar-refractivity contribution in [2.75, 3.05) is 20.1 Å². The molecule has 0 saturated carbocycles. The summed E-state index contributed by atoms with van der Waals surface area (Å²) < 4.78 is 0.719. The van der Waals surface area contributed by atoms with Gasteiger partial charge < -0.3 is 10.6 Å². The molecule has 1 atom stereocenters. The van der Waals surface area contributed by atoms with Crippen molar-refractivity contribution in [3.63, 3.8) is 0 Å². The van der Waals surface area contributed by atoms with Crippen molar-refractivity contribution in [1.82, 2.24) is 15.5 Å². The molecule has 1 aliphatic rings. The Hall–Kier alpha value is -1.44. The van der Waals surface area contributed by atoms with E-state index in [1.807, 2.05) is 6.92 Å². The number of amides is 3. The largest absolute Gasteiger partial charge is 0.353 e. The normalized spacial score (nSPS) is 14.4. The second-order valence-corrected chi connectivity index (χ2v) is 5.80. The molecule has 2 N–H and O–H groups in total. The topological polar surface area (TPSA) is 78.5 Å². The maximum absolute atomic E-state index is 12.2. The molecule has 1 heterocycles. The Labute approximate surface area is 143 Å². The molecule has 120 valence electrons. The molecule has 0 fully saturated rings. The van der Waals surface area contributed by atoms with E-state index >= 15 is 0 Å². The summed E-state index contributed by atoms with van der Waals surface area (Å²) in [6.45, 7) is 2.09. The van der Waals surface area contributed by atoms with E-state index in [1.165, 1.54) is 0 Å². The van der Waals surface area contributed by atoms with E-state index in [9.17, 15) is 14.4 Å². The predicted molar refractivity (Wildman–Crippen MR) is 88.3 cm³/mol. The zero-order valence-electron chi connectivity index (χ0n) is 12.2. The Balaban J connectivity index is 0.00000242. The second kappa shape index (κ2) is 7.71. The summed E-state index contributed by atoms with van der Waals surface area (Å²) in [7, 11) is 1.79. The second-order valence-electron chi connectivity index (χ2n) is 4.88. The van der Waals surface area contributed by atoms with Crippen molar-refractivity contribution in [2.45, 2.75) is 13.0 Å². The fourth-order valence-electron chi connectivity index (χ4n) is 1.98. The van der Waals surface area contributed by atoms with Gasteiger partial charge in [-0.25, -0.2) is 0 Å². The molecular formula is C14H17BrClN3O3. The number of carbonyl (C=O) groups is 3. The quantitative estimate of drug-likeness (QED) is 0.740. The number of nitrogens with one attached hydrogen (secondary N) is 2. The first-order valence-electron chi connectivity index (χ1n) is 6.53. The van der Waals surface area contributed by atoms with Crippen molar-refractivity contribution < 1.29 is 14.4 Å². The molecule has 8 heteroatoms. The van der Waals surface area contributed by atoms with Crippen LogP contribution in [0.5, 0.6) is 0 Å². The number of nitrogens with zero attached hydrogens (tertiary/aromatic N) is 1. The van der Waals surface area contributed by atoms with Gasteiger partial charge in [-0.1, -0.05) is 15.9 Å². The molecule has 22 heavy (non-hydrogen) atoms. The third-order valence-electron chi connectivity index (χ3n) is 3.33. The van der Waals surface area contributed by atoms with Crippen LogP contribution in [0.15, 0.2) is 22.7 Å². The minimum atomic E-state index is -0.437. The summed E-state index contributed by atoms with van der Waals surface area (Å²) in [6, 6.07) is 4.99. The number of hydrogen-bond acceptors (Lipinski definition) is 4. The van der Waals surface area contributed by atoms with E-state index in [2.05, 4.69) is 26.6 Å². The lowest BCUT2D eigenvalue weighted by Crippen LogP contribution is -2.44. The van der Waals surface area contributed by atoms with Crippen molar-refractivity contribution in [1.29, 1.82) is 0 Å². The molecule has 0 radical (unpaired) electrons. The van der Waals surface area contributed by atoms with Crippen LogP contribution in [-0.2, 0) is 4.79 Å². The van der Waals surface area contributed by atoms with Gasteiger partial charge in [-0.3, -0.25) is 19.3 Å². The van der Waals surface area contributed by atoms with E-state index in [4.69, 9.17) is 0 Å². The highest BCUT2D eigenvalue weighted by Crippen LogP contribution is 2.25. The molecule has 0 spiro atoms. The lowest BCUT2D eigenvalue weighted by atomic mass is 10.1. The minimum absolute atomic E-state index is 0. The molecule has 0 bridgehead atoms. The van der Waals surface area contributed by atoms with Gasteiger partial charge in [-0.15, -0.1) is 12.4 Å². The number of imide groups is 1. The third-order valence-corrected chi connectivity index (χ3v) is 3.83. The van der Waals surface area contributed by atoms with Crippen LogP contribution in [-0.4, -0.2) is 48.8 Å². The van der Waals surface area contributed by atoms with E-state index in [0.717, 1.165) is 9.37 Å². The number of hydrogen-bond donors (Lipinski definition) is 2. The van der Waals surface area contributed by atoms with Gasteiger partial charge in [0, 0.05) is 17.1 Å². The van der Waals surface area contributed by atoms with Crippen LogP contribution in [0, 0.1) is 0 Å². The number of benzene rings is 1. The minimum Gasteiger partial charge on any atom is -0.353 e. The Morgan fingerprint density at radius 1 is 1.27 bits per heavy atom. The van der Waals surface area contributed by atoms with Crippen LogP contribution < -0.4 is 10.6 Å². The standard InChI is InChI=1S/C14H16BrN3O3.ClH/c1-8(16-2)6-17-12(19)7-18-13(20)10-4-3-9(15)5-11(10)14(18)21;/h3-5,8,16H,6-7H2,1-2H3,(H,17,19);1H. The number of rotatable bonds is 5. The lowest BCUT2D eigenvalue weighted by Gasteiger charge is -2.15. The van der Waals surface area contributed by atoms with Crippen molar-refractivity contribution in [3.05, 3.63) is 33.8 Å². The maximum Gasteiger partial charge on any atom is 0.262 e. The van der Waals surface area contributed by atoms with Gasteiger partial charge in [-0.05, 0) is 32.2 Å². The highest BCUT2D eigenvalue weighted by molar-refractivity contribution is 9.10. The maximum atomic E-state index is 12.2. The molecule has 6 nitrogen and oxygen atoms in total. The fourth-order valence-corrected chi connectivity index (χ4v) is 2.34. The van der Waals surface area contributed by atoms with Gasteiger partial charge in [0.25, 0.3) is 11.8 Å². The van der Waals surface area contributed by atoms with Crippen LogP contribution in [0.2, 0.25) is 0 Å². The van der Waals surface area contributed by atoms with Gasteiger partial charge in [0.05, 0.1) is 11.1 Å². The monoisotopic (exact) mass is 389 g/mol. The van der Waals surface area contributed by atoms with E-state index < -0.39 is 11.8 Å². The summed E-state index contributed by atoms with van der Waals surface area (Å²) in [6.07, 6.45) is 0. The number of likely N-dealkylation sites (N-methyl/N-ethyl adjacent to an activating group) is 1. The number of carbonyl (C=O) groups excluding carboxylic acids is 3. The van der Waals surface area contributed by atoms with Gasteiger partial charge in [0.15, 0.2) is 0 Å². The van der Waals surface area contributed by atoms with Crippen LogP contribution in [0.4, 0.5) is 0 Å². The van der Waals surface area contributed by atoms with Crippen molar-refractivity contribution in [3.8, 4) is 0 Å². The molecule has 1 unspecified atom stereocenters. The molecule has 2 rings (SSSR count). The predicted octanol–water partition coefficient (Wildman–Crippen LogP) is 1.19. The third kappa shape index (κ3) is 3.85. The average Bonchev–Trinajstić information content (AvgIpc) is 2.69. The van der Waals surface area contributed by atoms with Gasteiger partial charge in [-0.2, -0.15) is 0 Å². The van der Waals surface area contributed by atoms with Crippen molar-refractivity contribution in [2.24, 2.45) is 0 Å². The highest BCUT2D eigenvalue weighted by atomic mass is 79.9. The Kier molecular flexibility index (Phi) is 6.52. The van der Waals surface area contributed by atoms with Crippen molar-refractivity contribution >= 4 is 46.1 Å². The van der Waals surface area contributed by atoms with E-state index in [0.29, 0.717) is 17.7 Å². The number of fused-ring (bicyclic) bond motifs is 1. The molecule has 1 aliphatic heterocycles. The molecule has 3 amide bonds. The van der Waals surface area contributed by atoms with Crippen LogP contribution in [0.1, 0.15) is 27.6 Å². The molecule has 1 aromatic carbocycles. The zero-order valence-corrected chi connectivity index (χ0v) is 14.6. The van der Waals surface area contributed by atoms with Gasteiger partial charge in [0.2, 0.25) is 5.91 Å². The summed E-state index contributed by atoms with van der Waals surface area (Å²) >= 11 is 3.26. The molecule has 0 aromatic heterocycles. The van der Waals surface area contributed by atoms with Crippen LogP contribution >= 0.6 is 28.3 Å². The first-order chi connectivity index (χ1) is 9.93. The molecule has 0 saturated heterocycles. The van der Waals surface area contributed by atoms with E-state index in [1.54, 1.807) is 25.2 Å². The summed E-state index contributed by atoms with van der Waals surface area (Å²) in [5.74, 6) is -1.22. The van der Waals surface area contributed by atoms with Crippen LogP contribution in [0.25, 0.3) is 0 Å². The molecular weight excluding hydrogens is 374 g/mol. The summed E-state index contributed by atoms with van der Waals surface area (Å²) in [5, 5.41) is 5.67. The number of halogens is 2. The Morgan fingerprint density at radius 2 is 1.91 bits per heavy atom. The fraction of sp³-hybridized carbons (Fsp3) is 0.357.